The van der Waals surface area contributed by atoms with Gasteiger partial charge in [-0.3, -0.25) is 9.59 Å². The number of hydrogen-bond acceptors (Lipinski definition) is 5. The Morgan fingerprint density at radius 3 is 2.41 bits per heavy atom. The zero-order chi connectivity index (χ0) is 32.6. The highest BCUT2D eigenvalue weighted by atomic mass is 19.3. The van der Waals surface area contributed by atoms with Crippen LogP contribution >= 0.6 is 0 Å². The van der Waals surface area contributed by atoms with Gasteiger partial charge in [0.25, 0.3) is 18.3 Å². The summed E-state index contributed by atoms with van der Waals surface area (Å²) in [4.78, 5) is 36.8. The van der Waals surface area contributed by atoms with Crippen LogP contribution in [0.15, 0.2) is 18.5 Å². The highest BCUT2D eigenvalue weighted by Crippen LogP contribution is 2.42. The summed E-state index contributed by atoms with van der Waals surface area (Å²) in [7, 11) is 0. The van der Waals surface area contributed by atoms with Gasteiger partial charge in [-0.1, -0.05) is 6.07 Å². The van der Waals surface area contributed by atoms with Gasteiger partial charge in [0.2, 0.25) is 17.7 Å². The quantitative estimate of drug-likeness (QED) is 0.236. The number of aromatic nitrogens is 5. The SMILES string of the molecule is CC(C)n1ncnc1C(=O)N[C@H](c1nc2c(F)c([C@H](C(=O)NCC(C)(F)F)C(F)C(F)F)ccc2[nH]1)C1CCC(F)(F)CC1. The Labute approximate surface area is 246 Å². The summed E-state index contributed by atoms with van der Waals surface area (Å²) in [5, 5.41) is 8.39. The molecule has 1 saturated carbocycles. The molecule has 17 heteroatoms. The number of imidazole rings is 1. The van der Waals surface area contributed by atoms with E-state index < -0.39 is 90.4 Å². The summed E-state index contributed by atoms with van der Waals surface area (Å²) >= 11 is 0. The van der Waals surface area contributed by atoms with Crippen LogP contribution < -0.4 is 10.6 Å². The molecule has 2 heterocycles. The van der Waals surface area contributed by atoms with Gasteiger partial charge in [0, 0.05) is 31.4 Å². The Hall–Kier alpha value is -3.79. The second-order valence-electron chi connectivity index (χ2n) is 11.3. The molecule has 0 saturated heterocycles. The van der Waals surface area contributed by atoms with E-state index in [1.807, 2.05) is 0 Å². The van der Waals surface area contributed by atoms with Crippen molar-refractivity contribution in [1.82, 2.24) is 35.4 Å². The summed E-state index contributed by atoms with van der Waals surface area (Å²) < 4.78 is 113. The van der Waals surface area contributed by atoms with E-state index in [2.05, 4.69) is 25.4 Å². The number of nitrogens with one attached hydrogen (secondary N) is 3. The molecule has 3 atom stereocenters. The molecular weight excluding hydrogens is 606 g/mol. The number of carbonyl (C=O) groups excluding carboxylic acids is 2. The van der Waals surface area contributed by atoms with Crippen molar-refractivity contribution in [3.63, 3.8) is 0 Å². The third kappa shape index (κ3) is 7.29. The van der Waals surface area contributed by atoms with Gasteiger partial charge < -0.3 is 15.6 Å². The molecule has 0 aliphatic heterocycles. The molecule has 0 spiro atoms. The van der Waals surface area contributed by atoms with E-state index in [1.165, 1.54) is 4.68 Å². The third-order valence-corrected chi connectivity index (χ3v) is 7.47. The lowest BCUT2D eigenvalue weighted by Crippen LogP contribution is -2.41. The van der Waals surface area contributed by atoms with E-state index in [0.29, 0.717) is 6.92 Å². The summed E-state index contributed by atoms with van der Waals surface area (Å²) in [5.74, 6) is -13.3. The second-order valence-corrected chi connectivity index (χ2v) is 11.3. The van der Waals surface area contributed by atoms with Crippen molar-refractivity contribution in [3.05, 3.63) is 41.5 Å². The molecule has 1 unspecified atom stereocenters. The third-order valence-electron chi connectivity index (χ3n) is 7.47. The minimum absolute atomic E-state index is 0.0399. The van der Waals surface area contributed by atoms with Crippen LogP contribution in [0, 0.1) is 11.7 Å². The number of amides is 2. The van der Waals surface area contributed by atoms with Crippen LogP contribution in [-0.4, -0.2) is 67.5 Å². The van der Waals surface area contributed by atoms with Crippen LogP contribution in [0.5, 0.6) is 0 Å². The first-order chi connectivity index (χ1) is 20.5. The number of carbonyl (C=O) groups is 2. The van der Waals surface area contributed by atoms with Gasteiger partial charge in [-0.25, -0.2) is 49.8 Å². The smallest absolute Gasteiger partial charge is 0.289 e. The molecule has 3 N–H and O–H groups in total. The normalized spacial score (nSPS) is 18.0. The average Bonchev–Trinajstić information content (AvgIpc) is 3.60. The first kappa shape index (κ1) is 33.1. The molecule has 1 aliphatic rings. The molecule has 3 aromatic rings. The maximum absolute atomic E-state index is 15.8. The largest absolute Gasteiger partial charge is 0.349 e. The molecule has 242 valence electrons. The van der Waals surface area contributed by atoms with Crippen molar-refractivity contribution < 1.29 is 44.7 Å². The van der Waals surface area contributed by atoms with Crippen molar-refractivity contribution in [2.45, 2.75) is 88.9 Å². The molecule has 0 bridgehead atoms. The van der Waals surface area contributed by atoms with Crippen LogP contribution in [0.3, 0.4) is 0 Å². The van der Waals surface area contributed by atoms with Crippen molar-refractivity contribution in [2.24, 2.45) is 5.92 Å². The second kappa shape index (κ2) is 12.7. The lowest BCUT2D eigenvalue weighted by atomic mass is 9.81. The van der Waals surface area contributed by atoms with E-state index in [-0.39, 0.29) is 36.0 Å². The minimum Gasteiger partial charge on any atom is -0.349 e. The Kier molecular flexibility index (Phi) is 9.54. The monoisotopic (exact) mass is 637 g/mol. The van der Waals surface area contributed by atoms with Gasteiger partial charge in [0.1, 0.15) is 23.6 Å². The van der Waals surface area contributed by atoms with Gasteiger partial charge in [0.05, 0.1) is 18.1 Å². The number of benzene rings is 1. The maximum Gasteiger partial charge on any atom is 0.289 e. The molecule has 9 nitrogen and oxygen atoms in total. The van der Waals surface area contributed by atoms with E-state index in [4.69, 9.17) is 0 Å². The molecule has 1 fully saturated rings. The Morgan fingerprint density at radius 2 is 1.82 bits per heavy atom. The van der Waals surface area contributed by atoms with E-state index in [0.717, 1.165) is 18.5 Å². The number of H-pyrrole nitrogens is 1. The van der Waals surface area contributed by atoms with Crippen molar-refractivity contribution >= 4 is 22.8 Å². The predicted octanol–water partition coefficient (Wildman–Crippen LogP) is 5.63. The summed E-state index contributed by atoms with van der Waals surface area (Å²) in [5.41, 5.74) is -1.43. The molecule has 2 aromatic heterocycles. The van der Waals surface area contributed by atoms with Crippen molar-refractivity contribution in [1.29, 1.82) is 0 Å². The number of nitrogens with zero attached hydrogens (tertiary/aromatic N) is 4. The van der Waals surface area contributed by atoms with E-state index in [9.17, 15) is 40.3 Å². The standard InChI is InChI=1S/C27H31F8N7O2/c1-12(2)42-23(37-11-38-42)25(44)41-19(13-6-8-27(34,35)9-7-13)22-39-15-5-4-14(17(28)20(15)40-22)16(18(29)21(30)31)24(43)36-10-26(3,32)33/h4-5,11-13,16,18-19,21H,6-10H2,1-3H3,(H,36,43)(H,39,40)(H,41,44)/t16-,18?,19-/m0/s1. The first-order valence-electron chi connectivity index (χ1n) is 13.8. The predicted molar refractivity (Wildman–Crippen MR) is 141 cm³/mol. The fourth-order valence-corrected chi connectivity index (χ4v) is 5.22. The number of aromatic amines is 1. The van der Waals surface area contributed by atoms with Crippen LogP contribution in [0.2, 0.25) is 0 Å². The molecule has 0 radical (unpaired) electrons. The number of alkyl halides is 7. The van der Waals surface area contributed by atoms with Gasteiger partial charge in [0.15, 0.2) is 12.0 Å². The topological polar surface area (TPSA) is 118 Å². The summed E-state index contributed by atoms with van der Waals surface area (Å²) in [6.07, 6.45) is -6.89. The highest BCUT2D eigenvalue weighted by molar-refractivity contribution is 5.91. The van der Waals surface area contributed by atoms with E-state index >= 15 is 4.39 Å². The lowest BCUT2D eigenvalue weighted by Gasteiger charge is -2.33. The van der Waals surface area contributed by atoms with Crippen LogP contribution in [0.25, 0.3) is 11.0 Å². The Morgan fingerprint density at radius 1 is 1.16 bits per heavy atom. The minimum atomic E-state index is -3.75. The van der Waals surface area contributed by atoms with Crippen LogP contribution in [0.4, 0.5) is 35.1 Å². The molecular formula is C27H31F8N7O2. The number of fused-ring (bicyclic) bond motifs is 1. The fourth-order valence-electron chi connectivity index (χ4n) is 5.22. The van der Waals surface area contributed by atoms with Crippen LogP contribution in [-0.2, 0) is 4.79 Å². The molecule has 2 amide bonds. The maximum atomic E-state index is 15.8. The fraction of sp³-hybridized carbons (Fsp3) is 0.593. The van der Waals surface area contributed by atoms with Crippen molar-refractivity contribution in [2.75, 3.05) is 6.54 Å². The van der Waals surface area contributed by atoms with Crippen molar-refractivity contribution in [3.8, 4) is 0 Å². The average molecular weight is 638 g/mol. The molecule has 44 heavy (non-hydrogen) atoms. The van der Waals surface area contributed by atoms with Gasteiger partial charge in [-0.05, 0) is 38.7 Å². The number of hydrogen-bond donors (Lipinski definition) is 3. The first-order valence-corrected chi connectivity index (χ1v) is 13.8. The zero-order valence-electron chi connectivity index (χ0n) is 23.9. The summed E-state index contributed by atoms with van der Waals surface area (Å²) in [6, 6.07) is 0.639. The van der Waals surface area contributed by atoms with Gasteiger partial charge >= 0.3 is 0 Å². The molecule has 1 aliphatic carbocycles. The van der Waals surface area contributed by atoms with E-state index in [1.54, 1.807) is 19.2 Å². The highest BCUT2D eigenvalue weighted by Gasteiger charge is 2.42. The lowest BCUT2D eigenvalue weighted by molar-refractivity contribution is -0.127. The number of halogens is 8. The summed E-state index contributed by atoms with van der Waals surface area (Å²) in [6.45, 7) is 2.64. The molecule has 1 aromatic carbocycles. The Balaban J connectivity index is 1.73. The Bertz CT molecular complexity index is 1480. The van der Waals surface area contributed by atoms with Gasteiger partial charge in [-0.15, -0.1) is 0 Å². The zero-order valence-corrected chi connectivity index (χ0v) is 23.9. The van der Waals surface area contributed by atoms with Crippen LogP contribution in [0.1, 0.15) is 86.5 Å². The number of rotatable bonds is 11. The van der Waals surface area contributed by atoms with Gasteiger partial charge in [-0.2, -0.15) is 5.10 Å². The molecule has 4 rings (SSSR count).